The van der Waals surface area contributed by atoms with Crippen molar-refractivity contribution in [3.8, 4) is 0 Å². The molecule has 0 aliphatic carbocycles. The Bertz CT molecular complexity index is 232. The minimum absolute atomic E-state index is 0.0225. The summed E-state index contributed by atoms with van der Waals surface area (Å²) in [4.78, 5) is 24.3. The molecule has 2 amide bonds. The Hall–Kier alpha value is -1.10. The van der Waals surface area contributed by atoms with Gasteiger partial charge in [-0.2, -0.15) is 0 Å². The Labute approximate surface area is 104 Å². The molecule has 0 spiro atoms. The first-order valence-electron chi connectivity index (χ1n) is 6.38. The molecule has 5 heteroatoms. The van der Waals surface area contributed by atoms with Gasteiger partial charge in [-0.05, 0) is 25.8 Å². The highest BCUT2D eigenvalue weighted by atomic mass is 16.2. The number of rotatable bonds is 10. The van der Waals surface area contributed by atoms with Crippen LogP contribution in [-0.4, -0.2) is 36.3 Å². The van der Waals surface area contributed by atoms with E-state index in [0.29, 0.717) is 19.5 Å². The lowest BCUT2D eigenvalue weighted by atomic mass is 10.1. The van der Waals surface area contributed by atoms with Gasteiger partial charge in [0, 0.05) is 13.0 Å². The monoisotopic (exact) mass is 243 g/mol. The number of primary amides is 1. The van der Waals surface area contributed by atoms with Crippen LogP contribution >= 0.6 is 0 Å². The summed E-state index contributed by atoms with van der Waals surface area (Å²) in [6.45, 7) is 3.37. The molecule has 0 rings (SSSR count). The average Bonchev–Trinajstić information content (AvgIpc) is 2.29. The van der Waals surface area contributed by atoms with E-state index < -0.39 is 5.91 Å². The summed E-state index contributed by atoms with van der Waals surface area (Å²) in [7, 11) is 0. The van der Waals surface area contributed by atoms with E-state index in [0.717, 1.165) is 32.1 Å². The molecule has 0 aromatic carbocycles. The number of hydrogen-bond donors (Lipinski definition) is 2. The van der Waals surface area contributed by atoms with Crippen molar-refractivity contribution in [3.63, 3.8) is 0 Å². The Balaban J connectivity index is 3.98. The SMILES string of the molecule is CCCCN(CC(N)=O)C(=O)CCCCCN. The van der Waals surface area contributed by atoms with Gasteiger partial charge in [-0.3, -0.25) is 9.59 Å². The Morgan fingerprint density at radius 1 is 1.12 bits per heavy atom. The molecule has 4 N–H and O–H groups in total. The maximum absolute atomic E-state index is 11.8. The first-order chi connectivity index (χ1) is 8.11. The second kappa shape index (κ2) is 10.1. The third-order valence-corrected chi connectivity index (χ3v) is 2.58. The van der Waals surface area contributed by atoms with Crippen LogP contribution in [0.4, 0.5) is 0 Å². The molecule has 0 radical (unpaired) electrons. The molecule has 0 aromatic rings. The molecular formula is C12H25N3O2. The van der Waals surface area contributed by atoms with Crippen molar-refractivity contribution in [1.82, 2.24) is 4.90 Å². The van der Waals surface area contributed by atoms with Crippen LogP contribution < -0.4 is 11.5 Å². The highest BCUT2D eigenvalue weighted by Gasteiger charge is 2.14. The van der Waals surface area contributed by atoms with Crippen LogP contribution in [0.2, 0.25) is 0 Å². The van der Waals surface area contributed by atoms with Crippen LogP contribution in [0.3, 0.4) is 0 Å². The van der Waals surface area contributed by atoms with Crippen molar-refractivity contribution in [1.29, 1.82) is 0 Å². The summed E-state index contributed by atoms with van der Waals surface area (Å²) in [5.41, 5.74) is 10.5. The minimum Gasteiger partial charge on any atom is -0.368 e. The molecule has 0 atom stereocenters. The molecule has 17 heavy (non-hydrogen) atoms. The molecule has 0 unspecified atom stereocenters. The average molecular weight is 243 g/mol. The lowest BCUT2D eigenvalue weighted by Crippen LogP contribution is -2.38. The van der Waals surface area contributed by atoms with Gasteiger partial charge in [-0.1, -0.05) is 19.8 Å². The molecule has 0 heterocycles. The largest absolute Gasteiger partial charge is 0.368 e. The van der Waals surface area contributed by atoms with Gasteiger partial charge < -0.3 is 16.4 Å². The van der Waals surface area contributed by atoms with Crippen molar-refractivity contribution >= 4 is 11.8 Å². The van der Waals surface area contributed by atoms with Crippen LogP contribution in [0.15, 0.2) is 0 Å². The molecule has 0 aliphatic rings. The van der Waals surface area contributed by atoms with E-state index in [1.807, 2.05) is 6.92 Å². The second-order valence-corrected chi connectivity index (χ2v) is 4.23. The summed E-state index contributed by atoms with van der Waals surface area (Å²) in [5.74, 6) is -0.425. The maximum Gasteiger partial charge on any atom is 0.237 e. The lowest BCUT2D eigenvalue weighted by molar-refractivity contribution is -0.135. The van der Waals surface area contributed by atoms with Gasteiger partial charge >= 0.3 is 0 Å². The quantitative estimate of drug-likeness (QED) is 0.551. The number of nitrogens with two attached hydrogens (primary N) is 2. The summed E-state index contributed by atoms with van der Waals surface area (Å²) in [6, 6.07) is 0. The van der Waals surface area contributed by atoms with Gasteiger partial charge in [0.25, 0.3) is 0 Å². The van der Waals surface area contributed by atoms with Crippen molar-refractivity contribution in [2.75, 3.05) is 19.6 Å². The Morgan fingerprint density at radius 3 is 2.35 bits per heavy atom. The Morgan fingerprint density at radius 2 is 1.82 bits per heavy atom. The first kappa shape index (κ1) is 15.9. The summed E-state index contributed by atoms with van der Waals surface area (Å²) in [6.07, 6.45) is 5.12. The summed E-state index contributed by atoms with van der Waals surface area (Å²) < 4.78 is 0. The smallest absolute Gasteiger partial charge is 0.237 e. The van der Waals surface area contributed by atoms with E-state index in [1.165, 1.54) is 0 Å². The lowest BCUT2D eigenvalue weighted by Gasteiger charge is -2.20. The van der Waals surface area contributed by atoms with Gasteiger partial charge in [-0.25, -0.2) is 0 Å². The van der Waals surface area contributed by atoms with Gasteiger partial charge in [0.05, 0.1) is 6.54 Å². The number of nitrogens with zero attached hydrogens (tertiary/aromatic N) is 1. The fraction of sp³-hybridized carbons (Fsp3) is 0.833. The van der Waals surface area contributed by atoms with Gasteiger partial charge in [0.15, 0.2) is 0 Å². The third-order valence-electron chi connectivity index (χ3n) is 2.58. The standard InChI is InChI=1S/C12H25N3O2/c1-2-3-9-15(10-11(14)16)12(17)7-5-4-6-8-13/h2-10,13H2,1H3,(H2,14,16). The molecule has 0 aliphatic heterocycles. The molecule has 0 bridgehead atoms. The van der Waals surface area contributed by atoms with E-state index in [2.05, 4.69) is 0 Å². The van der Waals surface area contributed by atoms with E-state index >= 15 is 0 Å². The zero-order valence-corrected chi connectivity index (χ0v) is 10.8. The number of hydrogen-bond acceptors (Lipinski definition) is 3. The maximum atomic E-state index is 11.8. The molecule has 0 saturated carbocycles. The second-order valence-electron chi connectivity index (χ2n) is 4.23. The first-order valence-corrected chi connectivity index (χ1v) is 6.38. The minimum atomic E-state index is -0.448. The highest BCUT2D eigenvalue weighted by molar-refractivity contribution is 5.83. The molecule has 0 aromatic heterocycles. The normalized spacial score (nSPS) is 10.2. The van der Waals surface area contributed by atoms with Crippen LogP contribution in [0, 0.1) is 0 Å². The molecule has 5 nitrogen and oxygen atoms in total. The fourth-order valence-electron chi connectivity index (χ4n) is 1.58. The van der Waals surface area contributed by atoms with E-state index in [-0.39, 0.29) is 12.5 Å². The number of amides is 2. The van der Waals surface area contributed by atoms with Gasteiger partial charge in [0.2, 0.25) is 11.8 Å². The topological polar surface area (TPSA) is 89.4 Å². The summed E-state index contributed by atoms with van der Waals surface area (Å²) >= 11 is 0. The van der Waals surface area contributed by atoms with E-state index in [1.54, 1.807) is 4.90 Å². The fourth-order valence-corrected chi connectivity index (χ4v) is 1.58. The molecule has 100 valence electrons. The van der Waals surface area contributed by atoms with Crippen molar-refractivity contribution < 1.29 is 9.59 Å². The highest BCUT2D eigenvalue weighted by Crippen LogP contribution is 2.04. The predicted molar refractivity (Wildman–Crippen MR) is 68.2 cm³/mol. The molecule has 0 fully saturated rings. The predicted octanol–water partition coefficient (Wildman–Crippen LogP) is 0.620. The van der Waals surface area contributed by atoms with Gasteiger partial charge in [-0.15, -0.1) is 0 Å². The van der Waals surface area contributed by atoms with E-state index in [4.69, 9.17) is 11.5 Å². The van der Waals surface area contributed by atoms with Crippen LogP contribution in [0.25, 0.3) is 0 Å². The molecular weight excluding hydrogens is 218 g/mol. The number of carbonyl (C=O) groups is 2. The van der Waals surface area contributed by atoms with E-state index in [9.17, 15) is 9.59 Å². The van der Waals surface area contributed by atoms with Crippen LogP contribution in [0.1, 0.15) is 45.4 Å². The van der Waals surface area contributed by atoms with Crippen molar-refractivity contribution in [2.24, 2.45) is 11.5 Å². The zero-order valence-electron chi connectivity index (χ0n) is 10.8. The zero-order chi connectivity index (χ0) is 13.1. The Kier molecular flexibility index (Phi) is 9.43. The molecule has 0 saturated heterocycles. The van der Waals surface area contributed by atoms with Crippen molar-refractivity contribution in [2.45, 2.75) is 45.4 Å². The van der Waals surface area contributed by atoms with Crippen molar-refractivity contribution in [3.05, 3.63) is 0 Å². The summed E-state index contributed by atoms with van der Waals surface area (Å²) in [5, 5.41) is 0. The van der Waals surface area contributed by atoms with Gasteiger partial charge in [0.1, 0.15) is 0 Å². The number of carbonyl (C=O) groups excluding carboxylic acids is 2. The number of unbranched alkanes of at least 4 members (excludes halogenated alkanes) is 3. The third kappa shape index (κ3) is 8.68. The van der Waals surface area contributed by atoms with Crippen LogP contribution in [-0.2, 0) is 9.59 Å². The van der Waals surface area contributed by atoms with Crippen LogP contribution in [0.5, 0.6) is 0 Å².